The second kappa shape index (κ2) is 9.84. The molecule has 1 N–H and O–H groups in total. The van der Waals surface area contributed by atoms with Crippen LogP contribution in [-0.2, 0) is 16.1 Å². The van der Waals surface area contributed by atoms with Crippen LogP contribution in [0.5, 0.6) is 0 Å². The number of fused-ring (bicyclic) bond motifs is 2. The Morgan fingerprint density at radius 1 is 1.27 bits per heavy atom. The second-order valence-corrected chi connectivity index (χ2v) is 9.06. The summed E-state index contributed by atoms with van der Waals surface area (Å²) in [6, 6.07) is 4.63. The topological polar surface area (TPSA) is 135 Å². The molecular formula is C26H26N8O3. The smallest absolute Gasteiger partial charge is 0.245 e. The number of pyridine rings is 1. The van der Waals surface area contributed by atoms with E-state index in [-0.39, 0.29) is 41.5 Å². The van der Waals surface area contributed by atoms with Gasteiger partial charge in [-0.1, -0.05) is 12.7 Å². The lowest BCUT2D eigenvalue weighted by Gasteiger charge is -2.26. The van der Waals surface area contributed by atoms with Crippen molar-refractivity contribution in [2.24, 2.45) is 10.9 Å². The Bertz CT molecular complexity index is 1460. The van der Waals surface area contributed by atoms with E-state index in [4.69, 9.17) is 0 Å². The first-order valence-corrected chi connectivity index (χ1v) is 12.0. The number of amides is 1. The highest BCUT2D eigenvalue weighted by molar-refractivity contribution is 6.46. The van der Waals surface area contributed by atoms with Crippen LogP contribution in [0.25, 0.3) is 10.9 Å². The average molecular weight is 499 g/mol. The van der Waals surface area contributed by atoms with Gasteiger partial charge in [0.05, 0.1) is 17.8 Å². The normalized spacial score (nSPS) is 20.8. The van der Waals surface area contributed by atoms with E-state index in [9.17, 15) is 14.4 Å². The number of likely N-dealkylation sites (tertiary alicyclic amines) is 1. The number of Topliss-reactive ketones (excluding diaryl/α,β-unsaturated/α-hetero) is 2. The SMILES string of the molecule is C=CN=C(/C=C\C)C(=O)[C@@H]1C[C@H]2C[C@H]2N1C(=O)Cn1nc(C(C)=O)c2cc(Nc3cccnn3)ncc21. The molecule has 2 fully saturated rings. The molecule has 4 heterocycles. The number of anilines is 2. The van der Waals surface area contributed by atoms with Gasteiger partial charge in [0.25, 0.3) is 0 Å². The Morgan fingerprint density at radius 2 is 2.11 bits per heavy atom. The van der Waals surface area contributed by atoms with Crippen molar-refractivity contribution < 1.29 is 14.4 Å². The maximum absolute atomic E-state index is 13.5. The Balaban J connectivity index is 1.42. The van der Waals surface area contributed by atoms with Crippen LogP contribution in [0.15, 0.2) is 60.5 Å². The molecule has 37 heavy (non-hydrogen) atoms. The first-order valence-electron chi connectivity index (χ1n) is 12.0. The Hall–Kier alpha value is -4.54. The lowest BCUT2D eigenvalue weighted by Crippen LogP contribution is -2.46. The van der Waals surface area contributed by atoms with Gasteiger partial charge in [0, 0.05) is 30.7 Å². The summed E-state index contributed by atoms with van der Waals surface area (Å²) in [7, 11) is 0. The van der Waals surface area contributed by atoms with Gasteiger partial charge in [0.15, 0.2) is 11.6 Å². The van der Waals surface area contributed by atoms with Gasteiger partial charge in [-0.05, 0) is 50.0 Å². The number of nitrogens with zero attached hydrogens (tertiary/aromatic N) is 7. The summed E-state index contributed by atoms with van der Waals surface area (Å²) in [5.74, 6) is 0.610. The highest BCUT2D eigenvalue weighted by Crippen LogP contribution is 2.48. The van der Waals surface area contributed by atoms with E-state index < -0.39 is 6.04 Å². The molecule has 5 rings (SSSR count). The number of carbonyl (C=O) groups is 3. The van der Waals surface area contributed by atoms with Gasteiger partial charge in [-0.3, -0.25) is 24.1 Å². The van der Waals surface area contributed by atoms with E-state index in [0.29, 0.717) is 34.9 Å². The number of carbonyl (C=O) groups excluding carboxylic acids is 3. The molecule has 1 amide bonds. The molecule has 0 spiro atoms. The molecule has 1 saturated heterocycles. The number of hydrogen-bond acceptors (Lipinski definition) is 9. The first-order chi connectivity index (χ1) is 17.9. The fraction of sp³-hybridized carbons (Fsp3) is 0.308. The Morgan fingerprint density at radius 3 is 2.81 bits per heavy atom. The van der Waals surface area contributed by atoms with Gasteiger partial charge in [-0.25, -0.2) is 4.98 Å². The monoisotopic (exact) mass is 498 g/mol. The maximum Gasteiger partial charge on any atom is 0.245 e. The fourth-order valence-electron chi connectivity index (χ4n) is 4.90. The summed E-state index contributed by atoms with van der Waals surface area (Å²) >= 11 is 0. The van der Waals surface area contributed by atoms with Crippen molar-refractivity contribution in [2.45, 2.75) is 45.3 Å². The number of allylic oxidation sites excluding steroid dienone is 2. The molecule has 11 heteroatoms. The van der Waals surface area contributed by atoms with Crippen LogP contribution in [0.2, 0.25) is 0 Å². The number of piperidine rings is 1. The zero-order chi connectivity index (χ0) is 26.1. The molecule has 11 nitrogen and oxygen atoms in total. The molecule has 0 aromatic carbocycles. The van der Waals surface area contributed by atoms with Crippen LogP contribution in [0.1, 0.15) is 37.2 Å². The highest BCUT2D eigenvalue weighted by Gasteiger charge is 2.56. The Labute approximate surface area is 213 Å². The molecule has 1 aliphatic heterocycles. The fourth-order valence-corrected chi connectivity index (χ4v) is 4.90. The Kier molecular flexibility index (Phi) is 6.43. The van der Waals surface area contributed by atoms with Crippen molar-refractivity contribution in [3.05, 3.63) is 61.2 Å². The molecule has 3 aromatic rings. The summed E-state index contributed by atoms with van der Waals surface area (Å²) in [6.07, 6.45) is 9.32. The van der Waals surface area contributed by atoms with Gasteiger partial charge in [0.2, 0.25) is 11.7 Å². The summed E-state index contributed by atoms with van der Waals surface area (Å²) in [5.41, 5.74) is 1.05. The van der Waals surface area contributed by atoms with Crippen LogP contribution in [0.4, 0.5) is 11.6 Å². The number of hydrogen-bond donors (Lipinski definition) is 1. The maximum atomic E-state index is 13.5. The van der Waals surface area contributed by atoms with E-state index in [2.05, 4.69) is 37.2 Å². The van der Waals surface area contributed by atoms with Crippen LogP contribution in [-0.4, -0.2) is 65.1 Å². The van der Waals surface area contributed by atoms with Crippen molar-refractivity contribution >= 4 is 45.7 Å². The zero-order valence-electron chi connectivity index (χ0n) is 20.5. The zero-order valence-corrected chi connectivity index (χ0v) is 20.5. The van der Waals surface area contributed by atoms with Crippen LogP contribution >= 0.6 is 0 Å². The van der Waals surface area contributed by atoms with Gasteiger partial charge in [-0.15, -0.1) is 5.10 Å². The molecular weight excluding hydrogens is 472 g/mol. The summed E-state index contributed by atoms with van der Waals surface area (Å²) in [4.78, 5) is 49.3. The lowest BCUT2D eigenvalue weighted by atomic mass is 10.0. The largest absolute Gasteiger partial charge is 0.327 e. The average Bonchev–Trinajstić information content (AvgIpc) is 3.40. The van der Waals surface area contributed by atoms with Crippen molar-refractivity contribution in [1.29, 1.82) is 0 Å². The highest BCUT2D eigenvalue weighted by atomic mass is 16.2. The molecule has 2 aliphatic rings. The molecule has 1 aliphatic carbocycles. The standard InChI is InChI=1S/C26H26N8O3/c1-4-7-18(27-5-2)26(37)20-11-16-10-19(16)34(20)24(36)14-33-21-13-28-23(30-22-8-6-9-29-31-22)12-17(21)25(32-33)15(3)35/h4-9,12-13,16,19-20H,2,10-11,14H2,1,3H3,(H,28,30,31)/b7-4-,27-18?/t16-,19-,20+/m1/s1. The lowest BCUT2D eigenvalue weighted by molar-refractivity contribution is -0.137. The van der Waals surface area contributed by atoms with E-state index in [1.165, 1.54) is 17.8 Å². The summed E-state index contributed by atoms with van der Waals surface area (Å²) < 4.78 is 1.48. The number of aliphatic imine (C=N–C) groups is 1. The molecule has 3 atom stereocenters. The third kappa shape index (κ3) is 4.67. The minimum absolute atomic E-state index is 0.0343. The summed E-state index contributed by atoms with van der Waals surface area (Å²) in [5, 5.41) is 15.9. The molecule has 1 saturated carbocycles. The molecule has 0 unspecified atom stereocenters. The first kappa shape index (κ1) is 24.2. The van der Waals surface area contributed by atoms with Crippen molar-refractivity contribution in [3.8, 4) is 0 Å². The van der Waals surface area contributed by atoms with E-state index in [0.717, 1.165) is 6.42 Å². The number of ketones is 2. The van der Waals surface area contributed by atoms with E-state index in [1.807, 2.05) is 0 Å². The van der Waals surface area contributed by atoms with Gasteiger partial charge >= 0.3 is 0 Å². The van der Waals surface area contributed by atoms with E-state index in [1.54, 1.807) is 54.6 Å². The predicted octanol–water partition coefficient (Wildman–Crippen LogP) is 2.89. The van der Waals surface area contributed by atoms with Crippen molar-refractivity contribution in [2.75, 3.05) is 5.32 Å². The molecule has 0 radical (unpaired) electrons. The minimum Gasteiger partial charge on any atom is -0.327 e. The second-order valence-electron chi connectivity index (χ2n) is 9.06. The summed E-state index contributed by atoms with van der Waals surface area (Å²) in [6.45, 7) is 6.70. The minimum atomic E-state index is -0.582. The van der Waals surface area contributed by atoms with Gasteiger partial charge < -0.3 is 10.2 Å². The quantitative estimate of drug-likeness (QED) is 0.351. The number of rotatable bonds is 9. The van der Waals surface area contributed by atoms with Gasteiger partial charge in [-0.2, -0.15) is 10.2 Å². The van der Waals surface area contributed by atoms with E-state index >= 15 is 0 Å². The van der Waals surface area contributed by atoms with Crippen molar-refractivity contribution in [1.82, 2.24) is 29.9 Å². The van der Waals surface area contributed by atoms with Crippen molar-refractivity contribution in [3.63, 3.8) is 0 Å². The van der Waals surface area contributed by atoms with Crippen LogP contribution in [0.3, 0.4) is 0 Å². The molecule has 3 aromatic heterocycles. The number of nitrogens with one attached hydrogen (secondary N) is 1. The third-order valence-corrected chi connectivity index (χ3v) is 6.59. The van der Waals surface area contributed by atoms with Crippen LogP contribution < -0.4 is 5.32 Å². The molecule has 188 valence electrons. The molecule has 0 bridgehead atoms. The third-order valence-electron chi connectivity index (χ3n) is 6.59. The predicted molar refractivity (Wildman–Crippen MR) is 137 cm³/mol. The van der Waals surface area contributed by atoms with Gasteiger partial charge in [0.1, 0.15) is 23.8 Å². The van der Waals surface area contributed by atoms with Crippen LogP contribution in [0, 0.1) is 5.92 Å². The number of aromatic nitrogens is 5.